The van der Waals surface area contributed by atoms with Crippen molar-refractivity contribution in [1.29, 1.82) is 0 Å². The van der Waals surface area contributed by atoms with Crippen molar-refractivity contribution < 1.29 is 8.42 Å². The lowest BCUT2D eigenvalue weighted by atomic mass is 9.77. The van der Waals surface area contributed by atoms with Gasteiger partial charge in [0.1, 0.15) is 5.82 Å². The summed E-state index contributed by atoms with van der Waals surface area (Å²) in [6.45, 7) is 1.98. The van der Waals surface area contributed by atoms with Gasteiger partial charge in [-0.05, 0) is 37.5 Å². The Morgan fingerprint density at radius 1 is 0.964 bits per heavy atom. The fourth-order valence-electron chi connectivity index (χ4n) is 4.66. The minimum Gasteiger partial charge on any atom is -0.326 e. The maximum atomic E-state index is 12.9. The van der Waals surface area contributed by atoms with E-state index in [1.165, 1.54) is 0 Å². The van der Waals surface area contributed by atoms with Gasteiger partial charge in [-0.15, -0.1) is 0 Å². The summed E-state index contributed by atoms with van der Waals surface area (Å²) in [4.78, 5) is 5.14. The van der Waals surface area contributed by atoms with Crippen LogP contribution in [-0.4, -0.2) is 45.1 Å². The van der Waals surface area contributed by atoms with E-state index in [2.05, 4.69) is 9.67 Å². The first-order valence-corrected chi connectivity index (χ1v) is 11.0. The normalized spacial score (nSPS) is 19.2. The molecule has 4 heterocycles. The molecule has 0 bridgehead atoms. The molecule has 1 aromatic carbocycles. The van der Waals surface area contributed by atoms with Crippen LogP contribution in [0, 0.1) is 0 Å². The predicted octanol–water partition coefficient (Wildman–Crippen LogP) is 2.41. The second-order valence-corrected chi connectivity index (χ2v) is 9.64. The van der Waals surface area contributed by atoms with Crippen LogP contribution in [-0.2, 0) is 29.0 Å². The highest BCUT2D eigenvalue weighted by molar-refractivity contribution is 7.89. The van der Waals surface area contributed by atoms with E-state index in [1.54, 1.807) is 34.8 Å². The summed E-state index contributed by atoms with van der Waals surface area (Å²) < 4.78 is 31.6. The van der Waals surface area contributed by atoms with E-state index in [0.29, 0.717) is 18.0 Å². The molecule has 5 rings (SSSR count). The fraction of sp³-hybridized carbons (Fsp3) is 0.400. The molecule has 2 aliphatic rings. The van der Waals surface area contributed by atoms with Crippen LogP contribution in [0.15, 0.2) is 53.7 Å². The van der Waals surface area contributed by atoms with Gasteiger partial charge in [-0.2, -0.15) is 9.40 Å². The molecule has 146 valence electrons. The van der Waals surface area contributed by atoms with Gasteiger partial charge in [0, 0.05) is 38.3 Å². The highest BCUT2D eigenvalue weighted by Gasteiger charge is 2.46. The molecule has 0 unspecified atom stereocenters. The smallest absolute Gasteiger partial charge is 0.243 e. The molecule has 1 spiro atoms. The summed E-state index contributed by atoms with van der Waals surface area (Å²) >= 11 is 0. The Morgan fingerprint density at radius 3 is 2.36 bits per heavy atom. The number of piperidine rings is 1. The first kappa shape index (κ1) is 17.6. The van der Waals surface area contributed by atoms with Crippen molar-refractivity contribution in [2.24, 2.45) is 7.05 Å². The highest BCUT2D eigenvalue weighted by atomic mass is 32.2. The standard InChI is InChI=1S/C20H23N5O2S/c1-23-17(7-11-22-23)18-15-21-19-20(10-14-25(18)19)8-12-24(13-9-20)28(26,27)16-5-3-2-4-6-16/h2-7,11,15H,8-10,12-14H2,1H3. The number of aryl methyl sites for hydroxylation is 1. The largest absolute Gasteiger partial charge is 0.326 e. The number of benzene rings is 1. The molecule has 1 fully saturated rings. The lowest BCUT2D eigenvalue weighted by molar-refractivity contribution is 0.228. The van der Waals surface area contributed by atoms with Crippen LogP contribution in [0.3, 0.4) is 0 Å². The molecule has 0 N–H and O–H groups in total. The summed E-state index contributed by atoms with van der Waals surface area (Å²) in [5, 5.41) is 4.27. The first-order valence-electron chi connectivity index (χ1n) is 9.61. The molecule has 28 heavy (non-hydrogen) atoms. The Balaban J connectivity index is 1.40. The molecule has 3 aromatic rings. The zero-order chi connectivity index (χ0) is 19.4. The molecule has 2 aromatic heterocycles. The van der Waals surface area contributed by atoms with Gasteiger partial charge in [0.2, 0.25) is 10.0 Å². The Morgan fingerprint density at radius 2 is 1.68 bits per heavy atom. The third-order valence-electron chi connectivity index (χ3n) is 6.29. The topological polar surface area (TPSA) is 73.0 Å². The van der Waals surface area contributed by atoms with Gasteiger partial charge >= 0.3 is 0 Å². The van der Waals surface area contributed by atoms with E-state index in [4.69, 9.17) is 4.98 Å². The number of hydrogen-bond donors (Lipinski definition) is 0. The van der Waals surface area contributed by atoms with Gasteiger partial charge in [0.15, 0.2) is 0 Å². The van der Waals surface area contributed by atoms with Crippen LogP contribution in [0.2, 0.25) is 0 Å². The quantitative estimate of drug-likeness (QED) is 0.680. The van der Waals surface area contributed by atoms with Crippen LogP contribution in [0.5, 0.6) is 0 Å². The van der Waals surface area contributed by atoms with E-state index >= 15 is 0 Å². The molecule has 0 saturated carbocycles. The molecule has 0 aliphatic carbocycles. The van der Waals surface area contributed by atoms with Gasteiger partial charge in [-0.3, -0.25) is 4.68 Å². The lowest BCUT2D eigenvalue weighted by Gasteiger charge is -2.37. The SMILES string of the molecule is Cn1nccc1-c1cnc2n1CCC21CCN(S(=O)(=O)c2ccccc2)CC1. The van der Waals surface area contributed by atoms with Crippen LogP contribution in [0.25, 0.3) is 11.4 Å². The van der Waals surface area contributed by atoms with Crippen molar-refractivity contribution >= 4 is 10.0 Å². The number of nitrogens with zero attached hydrogens (tertiary/aromatic N) is 5. The molecule has 7 nitrogen and oxygen atoms in total. The average molecular weight is 398 g/mol. The fourth-order valence-corrected chi connectivity index (χ4v) is 6.12. The Labute approximate surface area is 164 Å². The zero-order valence-corrected chi connectivity index (χ0v) is 16.6. The number of aromatic nitrogens is 4. The maximum absolute atomic E-state index is 12.9. The summed E-state index contributed by atoms with van der Waals surface area (Å²) in [6.07, 6.45) is 6.36. The van der Waals surface area contributed by atoms with Crippen LogP contribution in [0.4, 0.5) is 0 Å². The number of rotatable bonds is 3. The van der Waals surface area contributed by atoms with Gasteiger partial charge in [-0.1, -0.05) is 18.2 Å². The van der Waals surface area contributed by atoms with E-state index in [9.17, 15) is 8.42 Å². The van der Waals surface area contributed by atoms with Gasteiger partial charge in [0.25, 0.3) is 0 Å². The summed E-state index contributed by atoms with van der Waals surface area (Å²) in [7, 11) is -1.49. The second kappa shape index (κ2) is 6.28. The second-order valence-electron chi connectivity index (χ2n) is 7.71. The van der Waals surface area contributed by atoms with Crippen molar-refractivity contribution in [3.8, 4) is 11.4 Å². The molecule has 0 atom stereocenters. The van der Waals surface area contributed by atoms with Crippen LogP contribution < -0.4 is 0 Å². The summed E-state index contributed by atoms with van der Waals surface area (Å²) in [5.74, 6) is 1.10. The van der Waals surface area contributed by atoms with E-state index in [0.717, 1.165) is 43.0 Å². The van der Waals surface area contributed by atoms with E-state index in [1.807, 2.05) is 30.1 Å². The third-order valence-corrected chi connectivity index (χ3v) is 8.20. The zero-order valence-electron chi connectivity index (χ0n) is 15.8. The number of hydrogen-bond acceptors (Lipinski definition) is 4. The van der Waals surface area contributed by atoms with Gasteiger partial charge in [-0.25, -0.2) is 13.4 Å². The van der Waals surface area contributed by atoms with E-state index in [-0.39, 0.29) is 5.41 Å². The Hall–Kier alpha value is -2.45. The Kier molecular flexibility index (Phi) is 3.96. The van der Waals surface area contributed by atoms with Crippen molar-refractivity contribution in [1.82, 2.24) is 23.6 Å². The summed E-state index contributed by atoms with van der Waals surface area (Å²) in [5.41, 5.74) is 2.12. The first-order chi connectivity index (χ1) is 13.5. The average Bonchev–Trinajstić information content (AvgIpc) is 3.41. The van der Waals surface area contributed by atoms with Crippen LogP contribution in [0.1, 0.15) is 25.1 Å². The molecule has 2 aliphatic heterocycles. The minimum atomic E-state index is -3.43. The van der Waals surface area contributed by atoms with E-state index < -0.39 is 10.0 Å². The van der Waals surface area contributed by atoms with Crippen molar-refractivity contribution in [3.05, 3.63) is 54.6 Å². The van der Waals surface area contributed by atoms with Crippen molar-refractivity contribution in [2.45, 2.75) is 36.1 Å². The van der Waals surface area contributed by atoms with Crippen molar-refractivity contribution in [3.63, 3.8) is 0 Å². The molecule has 8 heteroatoms. The van der Waals surface area contributed by atoms with Crippen LogP contribution >= 0.6 is 0 Å². The Bertz CT molecular complexity index is 1110. The molecular weight excluding hydrogens is 374 g/mol. The van der Waals surface area contributed by atoms with Crippen molar-refractivity contribution in [2.75, 3.05) is 13.1 Å². The number of fused-ring (bicyclic) bond motifs is 2. The van der Waals surface area contributed by atoms with Gasteiger partial charge in [0.05, 0.1) is 22.5 Å². The summed E-state index contributed by atoms with van der Waals surface area (Å²) in [6, 6.07) is 10.7. The number of imidazole rings is 1. The molecule has 0 radical (unpaired) electrons. The maximum Gasteiger partial charge on any atom is 0.243 e. The highest BCUT2D eigenvalue weighted by Crippen LogP contribution is 2.45. The number of sulfonamides is 1. The minimum absolute atomic E-state index is 0.0282. The molecule has 1 saturated heterocycles. The molecule has 0 amide bonds. The monoisotopic (exact) mass is 397 g/mol. The third kappa shape index (κ3) is 2.55. The lowest BCUT2D eigenvalue weighted by Crippen LogP contribution is -2.44. The molecular formula is C20H23N5O2S. The van der Waals surface area contributed by atoms with Gasteiger partial charge < -0.3 is 4.57 Å². The predicted molar refractivity (Wildman–Crippen MR) is 105 cm³/mol.